The summed E-state index contributed by atoms with van der Waals surface area (Å²) in [6, 6.07) is 17.3. The SMILES string of the molecule is CCOc1ccccc1Oc1nnnn1-c1ccccc1. The minimum absolute atomic E-state index is 0.286. The van der Waals surface area contributed by atoms with Crippen LogP contribution in [-0.2, 0) is 0 Å². The van der Waals surface area contributed by atoms with Crippen LogP contribution in [0.2, 0.25) is 0 Å². The summed E-state index contributed by atoms with van der Waals surface area (Å²) >= 11 is 0. The third-order valence-electron chi connectivity index (χ3n) is 2.79. The normalized spacial score (nSPS) is 10.3. The lowest BCUT2D eigenvalue weighted by atomic mass is 10.3. The molecule has 21 heavy (non-hydrogen) atoms. The first-order valence-corrected chi connectivity index (χ1v) is 6.62. The van der Waals surface area contributed by atoms with Crippen molar-refractivity contribution in [2.45, 2.75) is 6.92 Å². The minimum Gasteiger partial charge on any atom is -0.490 e. The van der Waals surface area contributed by atoms with Crippen LogP contribution in [-0.4, -0.2) is 26.8 Å². The van der Waals surface area contributed by atoms with Gasteiger partial charge in [-0.2, -0.15) is 4.68 Å². The summed E-state index contributed by atoms with van der Waals surface area (Å²) in [6.45, 7) is 2.48. The fraction of sp³-hybridized carbons (Fsp3) is 0.133. The maximum atomic E-state index is 5.79. The summed E-state index contributed by atoms with van der Waals surface area (Å²) in [6.07, 6.45) is 0. The van der Waals surface area contributed by atoms with E-state index in [4.69, 9.17) is 9.47 Å². The maximum absolute atomic E-state index is 5.79. The van der Waals surface area contributed by atoms with Crippen LogP contribution in [0.4, 0.5) is 0 Å². The largest absolute Gasteiger partial charge is 0.490 e. The van der Waals surface area contributed by atoms with Gasteiger partial charge in [0.1, 0.15) is 0 Å². The van der Waals surface area contributed by atoms with Crippen LogP contribution in [0, 0.1) is 0 Å². The number of aromatic nitrogens is 4. The standard InChI is InChI=1S/C15H14N4O2/c1-2-20-13-10-6-7-11-14(13)21-15-16-17-18-19(15)12-8-4-3-5-9-12/h3-11H,2H2,1H3. The van der Waals surface area contributed by atoms with Crippen molar-refractivity contribution >= 4 is 0 Å². The lowest BCUT2D eigenvalue weighted by Crippen LogP contribution is -2.01. The number of rotatable bonds is 5. The first-order chi connectivity index (χ1) is 10.4. The molecule has 0 fully saturated rings. The van der Waals surface area contributed by atoms with Crippen LogP contribution < -0.4 is 9.47 Å². The van der Waals surface area contributed by atoms with Gasteiger partial charge in [0.25, 0.3) is 0 Å². The second kappa shape index (κ2) is 6.04. The number of hydrogen-bond donors (Lipinski definition) is 0. The molecule has 3 aromatic rings. The molecule has 6 heteroatoms. The molecule has 0 aliphatic heterocycles. The molecule has 2 aromatic carbocycles. The van der Waals surface area contributed by atoms with Gasteiger partial charge >= 0.3 is 6.01 Å². The number of hydrogen-bond acceptors (Lipinski definition) is 5. The molecule has 0 saturated heterocycles. The van der Waals surface area contributed by atoms with Crippen molar-refractivity contribution in [2.24, 2.45) is 0 Å². The Labute approximate surface area is 121 Å². The third-order valence-corrected chi connectivity index (χ3v) is 2.79. The number of nitrogens with zero attached hydrogens (tertiary/aromatic N) is 4. The molecule has 0 bridgehead atoms. The highest BCUT2D eigenvalue weighted by atomic mass is 16.5. The highest BCUT2D eigenvalue weighted by molar-refractivity contribution is 5.41. The second-order valence-electron chi connectivity index (χ2n) is 4.19. The van der Waals surface area contributed by atoms with E-state index < -0.39 is 0 Å². The van der Waals surface area contributed by atoms with Gasteiger partial charge in [-0.1, -0.05) is 35.4 Å². The summed E-state index contributed by atoms with van der Waals surface area (Å²) < 4.78 is 12.8. The van der Waals surface area contributed by atoms with Crippen molar-refractivity contribution < 1.29 is 9.47 Å². The molecule has 0 amide bonds. The zero-order valence-electron chi connectivity index (χ0n) is 11.5. The van der Waals surface area contributed by atoms with Crippen LogP contribution in [0.5, 0.6) is 17.5 Å². The molecular weight excluding hydrogens is 268 g/mol. The Kier molecular flexibility index (Phi) is 3.77. The van der Waals surface area contributed by atoms with E-state index >= 15 is 0 Å². The van der Waals surface area contributed by atoms with Crippen LogP contribution in [0.3, 0.4) is 0 Å². The second-order valence-corrected chi connectivity index (χ2v) is 4.19. The van der Waals surface area contributed by atoms with Gasteiger partial charge in [0.2, 0.25) is 0 Å². The average molecular weight is 282 g/mol. The Balaban J connectivity index is 1.92. The molecule has 0 aliphatic carbocycles. The quantitative estimate of drug-likeness (QED) is 0.720. The number of benzene rings is 2. The van der Waals surface area contributed by atoms with E-state index in [-0.39, 0.29) is 6.01 Å². The van der Waals surface area contributed by atoms with Crippen molar-refractivity contribution in [2.75, 3.05) is 6.61 Å². The average Bonchev–Trinajstić information content (AvgIpc) is 2.99. The molecule has 0 unspecified atom stereocenters. The van der Waals surface area contributed by atoms with E-state index in [0.717, 1.165) is 5.69 Å². The van der Waals surface area contributed by atoms with Crippen molar-refractivity contribution in [3.63, 3.8) is 0 Å². The third kappa shape index (κ3) is 2.84. The van der Waals surface area contributed by atoms with E-state index in [1.165, 1.54) is 4.68 Å². The lowest BCUT2D eigenvalue weighted by Gasteiger charge is -2.10. The Morgan fingerprint density at radius 1 is 0.952 bits per heavy atom. The fourth-order valence-corrected chi connectivity index (χ4v) is 1.88. The van der Waals surface area contributed by atoms with Crippen LogP contribution in [0.1, 0.15) is 6.92 Å². The summed E-state index contributed by atoms with van der Waals surface area (Å²) in [4.78, 5) is 0. The molecule has 0 saturated carbocycles. The zero-order chi connectivity index (χ0) is 14.5. The summed E-state index contributed by atoms with van der Waals surface area (Å²) in [7, 11) is 0. The van der Waals surface area contributed by atoms with Crippen LogP contribution in [0.15, 0.2) is 54.6 Å². The predicted molar refractivity (Wildman–Crippen MR) is 76.8 cm³/mol. The summed E-state index contributed by atoms with van der Waals surface area (Å²) in [5.74, 6) is 1.23. The van der Waals surface area contributed by atoms with Crippen molar-refractivity contribution in [1.29, 1.82) is 0 Å². The fourth-order valence-electron chi connectivity index (χ4n) is 1.88. The molecule has 3 rings (SSSR count). The van der Waals surface area contributed by atoms with Gasteiger partial charge in [-0.3, -0.25) is 0 Å². The monoisotopic (exact) mass is 282 g/mol. The molecule has 106 valence electrons. The van der Waals surface area contributed by atoms with Gasteiger partial charge in [0.15, 0.2) is 11.5 Å². The Hall–Kier alpha value is -2.89. The molecule has 0 N–H and O–H groups in total. The van der Waals surface area contributed by atoms with Gasteiger partial charge in [0, 0.05) is 0 Å². The van der Waals surface area contributed by atoms with Gasteiger partial charge in [0.05, 0.1) is 12.3 Å². The molecule has 6 nitrogen and oxygen atoms in total. The minimum atomic E-state index is 0.286. The number of para-hydroxylation sites is 3. The summed E-state index contributed by atoms with van der Waals surface area (Å²) in [5.41, 5.74) is 0.825. The van der Waals surface area contributed by atoms with E-state index in [1.807, 2.05) is 61.5 Å². The number of ether oxygens (including phenoxy) is 2. The number of tetrazole rings is 1. The Morgan fingerprint density at radius 2 is 1.67 bits per heavy atom. The topological polar surface area (TPSA) is 62.1 Å². The molecule has 0 radical (unpaired) electrons. The molecule has 1 aromatic heterocycles. The van der Waals surface area contributed by atoms with E-state index in [0.29, 0.717) is 18.1 Å². The zero-order valence-corrected chi connectivity index (χ0v) is 11.5. The van der Waals surface area contributed by atoms with Gasteiger partial charge < -0.3 is 9.47 Å². The molecule has 0 aliphatic rings. The van der Waals surface area contributed by atoms with Gasteiger partial charge in [-0.15, -0.1) is 0 Å². The Morgan fingerprint density at radius 3 is 2.43 bits per heavy atom. The first kappa shape index (κ1) is 13.1. The van der Waals surface area contributed by atoms with E-state index in [2.05, 4.69) is 15.5 Å². The first-order valence-electron chi connectivity index (χ1n) is 6.62. The molecule has 1 heterocycles. The Bertz CT molecular complexity index is 712. The summed E-state index contributed by atoms with van der Waals surface area (Å²) in [5, 5.41) is 11.5. The van der Waals surface area contributed by atoms with Crippen molar-refractivity contribution in [1.82, 2.24) is 20.2 Å². The van der Waals surface area contributed by atoms with Crippen LogP contribution >= 0.6 is 0 Å². The van der Waals surface area contributed by atoms with Crippen LogP contribution in [0.25, 0.3) is 5.69 Å². The lowest BCUT2D eigenvalue weighted by molar-refractivity contribution is 0.315. The smallest absolute Gasteiger partial charge is 0.346 e. The van der Waals surface area contributed by atoms with E-state index in [1.54, 1.807) is 0 Å². The van der Waals surface area contributed by atoms with Gasteiger partial charge in [-0.05, 0) is 41.6 Å². The van der Waals surface area contributed by atoms with E-state index in [9.17, 15) is 0 Å². The molecule has 0 atom stereocenters. The molecular formula is C15H14N4O2. The highest BCUT2D eigenvalue weighted by Crippen LogP contribution is 2.30. The maximum Gasteiger partial charge on any atom is 0.346 e. The molecule has 0 spiro atoms. The predicted octanol–water partition coefficient (Wildman–Crippen LogP) is 2.85. The van der Waals surface area contributed by atoms with Gasteiger partial charge in [-0.25, -0.2) is 0 Å². The van der Waals surface area contributed by atoms with Crippen molar-refractivity contribution in [3.05, 3.63) is 54.6 Å². The van der Waals surface area contributed by atoms with Crippen molar-refractivity contribution in [3.8, 4) is 23.2 Å². The highest BCUT2D eigenvalue weighted by Gasteiger charge is 2.13.